The van der Waals surface area contributed by atoms with E-state index >= 15 is 0 Å². The summed E-state index contributed by atoms with van der Waals surface area (Å²) >= 11 is 0. The van der Waals surface area contributed by atoms with E-state index in [0.29, 0.717) is 25.3 Å². The summed E-state index contributed by atoms with van der Waals surface area (Å²) in [4.78, 5) is 42.3. The molecule has 0 radical (unpaired) electrons. The highest BCUT2D eigenvalue weighted by Gasteiger charge is 2.29. The van der Waals surface area contributed by atoms with Crippen LogP contribution in [0.2, 0.25) is 0 Å². The lowest BCUT2D eigenvalue weighted by molar-refractivity contribution is -0.110. The van der Waals surface area contributed by atoms with Gasteiger partial charge in [-0.1, -0.05) is 102 Å². The van der Waals surface area contributed by atoms with Gasteiger partial charge < -0.3 is 14.8 Å². The molecule has 0 spiro atoms. The van der Waals surface area contributed by atoms with Crippen LogP contribution >= 0.6 is 0 Å². The van der Waals surface area contributed by atoms with Crippen LogP contribution < -0.4 is 31.3 Å². The van der Waals surface area contributed by atoms with Crippen molar-refractivity contribution >= 4 is 18.1 Å². The van der Waals surface area contributed by atoms with Crippen molar-refractivity contribution in [3.05, 3.63) is 196 Å². The number of aromatic nitrogens is 5. The second-order valence-electron chi connectivity index (χ2n) is 17.0. The molecule has 7 aromatic rings. The fraction of sp³-hybridized carbons (Fsp3) is 0.240. The van der Waals surface area contributed by atoms with Crippen molar-refractivity contribution in [1.29, 1.82) is 0 Å². The number of hydrogen-bond donors (Lipinski definition) is 4. The number of anilines is 1. The highest BCUT2D eigenvalue weighted by Crippen LogP contribution is 2.42. The molecule has 4 aromatic carbocycles. The van der Waals surface area contributed by atoms with E-state index in [0.717, 1.165) is 34.1 Å². The smallest absolute Gasteiger partial charge is 0.347 e. The number of ether oxygens (including phenoxy) is 2. The van der Waals surface area contributed by atoms with Gasteiger partial charge >= 0.3 is 11.7 Å². The molecule has 0 aliphatic rings. The number of aromatic amines is 1. The van der Waals surface area contributed by atoms with Crippen molar-refractivity contribution in [1.82, 2.24) is 35.6 Å². The number of amides is 3. The summed E-state index contributed by atoms with van der Waals surface area (Å²) in [6, 6.07) is 43.2. The summed E-state index contributed by atoms with van der Waals surface area (Å²) in [6.45, 7) is 14.2. The maximum Gasteiger partial charge on any atom is 0.347 e. The predicted octanol–water partition coefficient (Wildman–Crippen LogP) is 9.33. The normalized spacial score (nSPS) is 12.2. The first kappa shape index (κ1) is 45.0. The fourth-order valence-corrected chi connectivity index (χ4v) is 7.46. The van der Waals surface area contributed by atoms with Gasteiger partial charge in [-0.3, -0.25) is 20.2 Å². The number of carbonyl (C=O) groups excluding carboxylic acids is 2. The van der Waals surface area contributed by atoms with Crippen molar-refractivity contribution in [2.75, 3.05) is 5.32 Å². The lowest BCUT2D eigenvalue weighted by Gasteiger charge is -2.32. The Hall–Kier alpha value is -7.54. The van der Waals surface area contributed by atoms with E-state index in [9.17, 15) is 14.4 Å². The van der Waals surface area contributed by atoms with Gasteiger partial charge in [0, 0.05) is 29.9 Å². The minimum absolute atomic E-state index is 0.00429. The third kappa shape index (κ3) is 12.7. The molecule has 63 heavy (non-hydrogen) atoms. The Balaban J connectivity index is 0.000000210. The van der Waals surface area contributed by atoms with Crippen LogP contribution in [0.4, 0.5) is 10.5 Å². The first-order valence-corrected chi connectivity index (χ1v) is 20.6. The zero-order chi connectivity index (χ0) is 44.8. The molecule has 2 atom stereocenters. The number of nitrogens with zero attached hydrogens (tertiary/aromatic N) is 4. The van der Waals surface area contributed by atoms with E-state index in [1.807, 2.05) is 97.1 Å². The summed E-state index contributed by atoms with van der Waals surface area (Å²) < 4.78 is 13.2. The van der Waals surface area contributed by atoms with Crippen LogP contribution in [-0.4, -0.2) is 37.2 Å². The van der Waals surface area contributed by atoms with Crippen molar-refractivity contribution in [2.45, 2.75) is 66.6 Å². The lowest BCUT2D eigenvalue weighted by Crippen LogP contribution is -2.39. The summed E-state index contributed by atoms with van der Waals surface area (Å²) in [7, 11) is 0. The number of urea groups is 1. The van der Waals surface area contributed by atoms with Gasteiger partial charge in [0.1, 0.15) is 31.0 Å². The molecule has 0 bridgehead atoms. The Bertz CT molecular complexity index is 2550. The molecule has 0 saturated heterocycles. The van der Waals surface area contributed by atoms with Gasteiger partial charge in [-0.2, -0.15) is 5.10 Å². The Morgan fingerprint density at radius 3 is 1.48 bits per heavy atom. The molecule has 0 aliphatic heterocycles. The number of benzene rings is 4. The molecular formula is C50H54N8O5. The molecule has 3 aromatic heterocycles. The molecule has 4 N–H and O–H groups in total. The maximum absolute atomic E-state index is 11.8. The SMILES string of the molecule is CC(C)(C)C(c1ccc(NC(=O)NNC=O)cc1)c1ccc(OCc2ccccn2)cc1.CC(C)(C)C(c1ccc(OCc2ccccn2)cc1)c1ccc(-n2cn[nH]c2=O)cc1. The van der Waals surface area contributed by atoms with Crippen LogP contribution in [0.25, 0.3) is 5.69 Å². The average molecular weight is 847 g/mol. The van der Waals surface area contributed by atoms with Crippen molar-refractivity contribution in [3.8, 4) is 17.2 Å². The molecule has 0 aliphatic carbocycles. The van der Waals surface area contributed by atoms with E-state index in [4.69, 9.17) is 9.47 Å². The Morgan fingerprint density at radius 2 is 1.10 bits per heavy atom. The third-order valence-corrected chi connectivity index (χ3v) is 10.2. The zero-order valence-electron chi connectivity index (χ0n) is 36.4. The van der Waals surface area contributed by atoms with E-state index in [-0.39, 0.29) is 28.4 Å². The first-order chi connectivity index (χ1) is 30.3. The minimum Gasteiger partial charge on any atom is -0.487 e. The zero-order valence-corrected chi connectivity index (χ0v) is 36.4. The van der Waals surface area contributed by atoms with Gasteiger partial charge in [0.15, 0.2) is 0 Å². The summed E-state index contributed by atoms with van der Waals surface area (Å²) in [5.41, 5.74) is 12.0. The molecule has 2 unspecified atom stereocenters. The summed E-state index contributed by atoms with van der Waals surface area (Å²) in [6.07, 6.45) is 5.41. The number of carbonyl (C=O) groups is 2. The summed E-state index contributed by atoms with van der Waals surface area (Å²) in [5.74, 6) is 1.94. The van der Waals surface area contributed by atoms with Crippen molar-refractivity contribution < 1.29 is 19.1 Å². The van der Waals surface area contributed by atoms with E-state index in [1.165, 1.54) is 27.6 Å². The van der Waals surface area contributed by atoms with E-state index < -0.39 is 6.03 Å². The number of hydrazine groups is 1. The topological polar surface area (TPSA) is 165 Å². The molecule has 13 nitrogen and oxygen atoms in total. The monoisotopic (exact) mass is 846 g/mol. The van der Waals surface area contributed by atoms with Crippen LogP contribution in [0.15, 0.2) is 157 Å². The highest BCUT2D eigenvalue weighted by atomic mass is 16.5. The van der Waals surface area contributed by atoms with Crippen LogP contribution in [0.1, 0.15) is 87.0 Å². The average Bonchev–Trinajstić information content (AvgIpc) is 3.71. The maximum atomic E-state index is 11.8. The molecule has 13 heteroatoms. The van der Waals surface area contributed by atoms with Crippen LogP contribution in [0.3, 0.4) is 0 Å². The number of pyridine rings is 2. The lowest BCUT2D eigenvalue weighted by atomic mass is 9.72. The van der Waals surface area contributed by atoms with Crippen LogP contribution in [-0.2, 0) is 18.0 Å². The number of nitrogens with one attached hydrogen (secondary N) is 4. The van der Waals surface area contributed by atoms with E-state index in [2.05, 4.69) is 114 Å². The number of rotatable bonds is 14. The van der Waals surface area contributed by atoms with Crippen LogP contribution in [0, 0.1) is 10.8 Å². The number of hydrogen-bond acceptors (Lipinski definition) is 8. The predicted molar refractivity (Wildman–Crippen MR) is 245 cm³/mol. The minimum atomic E-state index is -0.515. The Labute approximate surface area is 367 Å². The highest BCUT2D eigenvalue weighted by molar-refractivity contribution is 5.89. The molecule has 3 amide bonds. The van der Waals surface area contributed by atoms with Gasteiger partial charge in [0.05, 0.1) is 17.1 Å². The molecule has 7 rings (SSSR count). The van der Waals surface area contributed by atoms with Gasteiger partial charge in [-0.05, 0) is 106 Å². The van der Waals surface area contributed by atoms with E-state index in [1.54, 1.807) is 12.4 Å². The van der Waals surface area contributed by atoms with Gasteiger partial charge in [0.25, 0.3) is 0 Å². The second kappa shape index (κ2) is 20.8. The van der Waals surface area contributed by atoms with Crippen molar-refractivity contribution in [3.63, 3.8) is 0 Å². The molecule has 3 heterocycles. The Morgan fingerprint density at radius 1 is 0.651 bits per heavy atom. The van der Waals surface area contributed by atoms with Gasteiger partial charge in [0.2, 0.25) is 6.41 Å². The molecule has 0 fully saturated rings. The quantitative estimate of drug-likeness (QED) is 0.0621. The molecule has 324 valence electrons. The summed E-state index contributed by atoms with van der Waals surface area (Å²) in [5, 5.41) is 8.88. The largest absolute Gasteiger partial charge is 0.487 e. The first-order valence-electron chi connectivity index (χ1n) is 20.6. The second-order valence-corrected chi connectivity index (χ2v) is 17.0. The molecular weight excluding hydrogens is 793 g/mol. The van der Waals surface area contributed by atoms with Crippen molar-refractivity contribution in [2.24, 2.45) is 10.8 Å². The van der Waals surface area contributed by atoms with Gasteiger partial charge in [-0.15, -0.1) is 0 Å². The molecule has 0 saturated carbocycles. The fourth-order valence-electron chi connectivity index (χ4n) is 7.46. The van der Waals surface area contributed by atoms with Gasteiger partial charge in [-0.25, -0.2) is 24.7 Å². The van der Waals surface area contributed by atoms with Crippen LogP contribution in [0.5, 0.6) is 11.5 Å². The Kier molecular flexibility index (Phi) is 14.9. The third-order valence-electron chi connectivity index (χ3n) is 10.2. The standard InChI is InChI=1S/C25H28N4O3.C25H26N4O2/c1-25(2,3)23(18-7-11-20(12-8-18)28-24(31)29-27-17-30)19-9-13-22(14-10-19)32-16-21-6-4-5-15-26-21;1-25(2,3)23(18-7-11-21(12-8-18)29-17-27-28-24(29)30)19-9-13-22(14-10-19)31-16-20-6-4-5-15-26-20/h4-15,17,23H,16H2,1-3H3,(H,27,30)(H2,28,29,31);4-15,17,23H,16H2,1-3H3,(H,28,30). The number of H-pyrrole nitrogens is 1.